The highest BCUT2D eigenvalue weighted by molar-refractivity contribution is 7.99. The van der Waals surface area contributed by atoms with Crippen molar-refractivity contribution in [1.29, 1.82) is 0 Å². The number of alkyl halides is 1. The van der Waals surface area contributed by atoms with Gasteiger partial charge in [0.1, 0.15) is 6.33 Å². The minimum Gasteiger partial charge on any atom is -0.373 e. The molecule has 0 saturated heterocycles. The lowest BCUT2D eigenvalue weighted by atomic mass is 10.1. The van der Waals surface area contributed by atoms with Gasteiger partial charge in [-0.1, -0.05) is 90.6 Å². The van der Waals surface area contributed by atoms with Crippen LogP contribution in [-0.2, 0) is 13.0 Å². The van der Waals surface area contributed by atoms with Crippen LogP contribution in [0.25, 0.3) is 0 Å². The lowest BCUT2D eigenvalue weighted by Crippen LogP contribution is -2.31. The Bertz CT molecular complexity index is 850. The lowest BCUT2D eigenvalue weighted by Gasteiger charge is -2.22. The molecule has 0 radical (unpaired) electrons. The van der Waals surface area contributed by atoms with E-state index in [1.54, 1.807) is 10.7 Å². The lowest BCUT2D eigenvalue weighted by molar-refractivity contribution is 0.101. The molecule has 2 aromatic carbocycles. The number of aromatic nitrogens is 3. The van der Waals surface area contributed by atoms with Crippen LogP contribution in [0.4, 0.5) is 0 Å². The fourth-order valence-corrected chi connectivity index (χ4v) is 3.53. The molecule has 1 fully saturated rings. The maximum atomic E-state index is 10.6. The van der Waals surface area contributed by atoms with E-state index in [2.05, 4.69) is 10.1 Å². The molecule has 7 heteroatoms. The van der Waals surface area contributed by atoms with Gasteiger partial charge in [-0.3, -0.25) is 0 Å². The van der Waals surface area contributed by atoms with Gasteiger partial charge >= 0.3 is 0 Å². The standard InChI is InChI=1S/C17H15Cl2N3OS.C3H6/c18-15-9-5-4-6-13(15)10-17(19,23)11-22-16(20-12-21-22)24-14-7-2-1-3-8-14;1-2-3-1/h1-9,12,23H,10-11H2;1-3H2. The highest BCUT2D eigenvalue weighted by Crippen LogP contribution is 2.29. The third kappa shape index (κ3) is 6.85. The molecule has 4 nitrogen and oxygen atoms in total. The number of benzene rings is 2. The molecule has 4 rings (SSSR count). The number of nitrogens with zero attached hydrogens (tertiary/aromatic N) is 3. The van der Waals surface area contributed by atoms with Crippen LogP contribution in [-0.4, -0.2) is 24.9 Å². The van der Waals surface area contributed by atoms with Gasteiger partial charge in [-0.2, -0.15) is 5.10 Å². The zero-order valence-corrected chi connectivity index (χ0v) is 17.1. The molecular formula is C20H21Cl2N3OS. The average Bonchev–Trinajstić information content (AvgIpc) is 3.47. The summed E-state index contributed by atoms with van der Waals surface area (Å²) in [4.78, 5) is 5.28. The first-order valence-electron chi connectivity index (χ1n) is 8.79. The monoisotopic (exact) mass is 421 g/mol. The van der Waals surface area contributed by atoms with Gasteiger partial charge < -0.3 is 5.11 Å². The van der Waals surface area contributed by atoms with E-state index in [0.717, 1.165) is 10.5 Å². The van der Waals surface area contributed by atoms with E-state index < -0.39 is 5.06 Å². The number of halogens is 2. The first-order valence-corrected chi connectivity index (χ1v) is 10.4. The van der Waals surface area contributed by atoms with E-state index in [1.165, 1.54) is 37.4 Å². The predicted molar refractivity (Wildman–Crippen MR) is 110 cm³/mol. The number of aliphatic hydroxyl groups is 1. The van der Waals surface area contributed by atoms with Crippen molar-refractivity contribution in [1.82, 2.24) is 14.8 Å². The van der Waals surface area contributed by atoms with Gasteiger partial charge in [-0.15, -0.1) is 0 Å². The van der Waals surface area contributed by atoms with Crippen molar-refractivity contribution in [3.8, 4) is 0 Å². The van der Waals surface area contributed by atoms with Crippen molar-refractivity contribution >= 4 is 35.0 Å². The maximum Gasteiger partial charge on any atom is 0.191 e. The molecule has 0 bridgehead atoms. The Morgan fingerprint density at radius 1 is 1.04 bits per heavy atom. The van der Waals surface area contributed by atoms with Gasteiger partial charge in [-0.05, 0) is 23.8 Å². The molecule has 1 aliphatic rings. The van der Waals surface area contributed by atoms with Gasteiger partial charge in [0.2, 0.25) is 0 Å². The van der Waals surface area contributed by atoms with Crippen LogP contribution in [0, 0.1) is 0 Å². The van der Waals surface area contributed by atoms with Crippen LogP contribution >= 0.6 is 35.0 Å². The van der Waals surface area contributed by atoms with E-state index in [0.29, 0.717) is 10.2 Å². The Kier molecular flexibility index (Phi) is 7.19. The molecule has 142 valence electrons. The van der Waals surface area contributed by atoms with E-state index in [-0.39, 0.29) is 13.0 Å². The van der Waals surface area contributed by atoms with Crippen molar-refractivity contribution in [3.05, 3.63) is 71.5 Å². The second-order valence-electron chi connectivity index (χ2n) is 6.36. The van der Waals surface area contributed by atoms with Gasteiger partial charge in [-0.25, -0.2) is 9.67 Å². The summed E-state index contributed by atoms with van der Waals surface area (Å²) in [5.41, 5.74) is 0.786. The van der Waals surface area contributed by atoms with E-state index in [9.17, 15) is 5.11 Å². The summed E-state index contributed by atoms with van der Waals surface area (Å²) in [6.07, 6.45) is 6.16. The first kappa shape index (κ1) is 20.2. The summed E-state index contributed by atoms with van der Waals surface area (Å²) in [7, 11) is 0. The largest absolute Gasteiger partial charge is 0.373 e. The zero-order valence-electron chi connectivity index (χ0n) is 14.8. The quantitative estimate of drug-likeness (QED) is 0.539. The fourth-order valence-electron chi connectivity index (χ4n) is 2.25. The molecule has 0 amide bonds. The predicted octanol–water partition coefficient (Wildman–Crippen LogP) is 5.42. The summed E-state index contributed by atoms with van der Waals surface area (Å²) in [6.45, 7) is 0.106. The Morgan fingerprint density at radius 2 is 1.70 bits per heavy atom. The van der Waals surface area contributed by atoms with Crippen LogP contribution in [0.15, 0.2) is 71.0 Å². The smallest absolute Gasteiger partial charge is 0.191 e. The molecule has 0 aliphatic heterocycles. The summed E-state index contributed by atoms with van der Waals surface area (Å²) in [5, 5.41) is 14.5. The van der Waals surface area contributed by atoms with E-state index >= 15 is 0 Å². The van der Waals surface area contributed by atoms with Crippen LogP contribution in [0.3, 0.4) is 0 Å². The van der Waals surface area contributed by atoms with Gasteiger partial charge in [0, 0.05) is 16.3 Å². The Labute approximate surface area is 173 Å². The Morgan fingerprint density at radius 3 is 2.37 bits per heavy atom. The first-order chi connectivity index (χ1) is 13.0. The normalized spacial score (nSPS) is 14.8. The second-order valence-corrected chi connectivity index (χ2v) is 8.51. The second kappa shape index (κ2) is 9.60. The molecule has 0 spiro atoms. The molecule has 1 saturated carbocycles. The van der Waals surface area contributed by atoms with Crippen molar-refractivity contribution in [3.63, 3.8) is 0 Å². The molecule has 1 atom stereocenters. The third-order valence-electron chi connectivity index (χ3n) is 3.70. The zero-order chi connectivity index (χ0) is 19.1. The summed E-state index contributed by atoms with van der Waals surface area (Å²) in [6, 6.07) is 17.2. The van der Waals surface area contributed by atoms with Crippen molar-refractivity contribution in [2.45, 2.75) is 47.3 Å². The third-order valence-corrected chi connectivity index (χ3v) is 5.33. The molecular weight excluding hydrogens is 401 g/mol. The van der Waals surface area contributed by atoms with Crippen LogP contribution < -0.4 is 0 Å². The maximum absolute atomic E-state index is 10.6. The van der Waals surface area contributed by atoms with E-state index in [1.807, 2.05) is 48.5 Å². The molecule has 1 aromatic heterocycles. The SMILES string of the molecule is C1CC1.OC(Cl)(Cc1ccccc1Cl)Cn1ncnc1Sc1ccccc1. The summed E-state index contributed by atoms with van der Waals surface area (Å²) >= 11 is 13.9. The van der Waals surface area contributed by atoms with Gasteiger partial charge in [0.25, 0.3) is 0 Å². The fraction of sp³-hybridized carbons (Fsp3) is 0.300. The summed E-state index contributed by atoms with van der Waals surface area (Å²) < 4.78 is 1.60. The Balaban J connectivity index is 0.000000637. The molecule has 1 aliphatic carbocycles. The van der Waals surface area contributed by atoms with Crippen LogP contribution in [0.1, 0.15) is 24.8 Å². The molecule has 1 unspecified atom stereocenters. The van der Waals surface area contributed by atoms with Crippen molar-refractivity contribution in [2.24, 2.45) is 0 Å². The number of hydrogen-bond donors (Lipinski definition) is 1. The number of rotatable bonds is 6. The summed E-state index contributed by atoms with van der Waals surface area (Å²) in [5.74, 6) is 0. The van der Waals surface area contributed by atoms with Gasteiger partial charge in [0.05, 0.1) is 6.54 Å². The molecule has 1 N–H and O–H groups in total. The Hall–Kier alpha value is -1.53. The number of hydrogen-bond acceptors (Lipinski definition) is 4. The van der Waals surface area contributed by atoms with E-state index in [4.69, 9.17) is 23.2 Å². The van der Waals surface area contributed by atoms with Crippen molar-refractivity contribution in [2.75, 3.05) is 0 Å². The van der Waals surface area contributed by atoms with Crippen LogP contribution in [0.2, 0.25) is 5.02 Å². The van der Waals surface area contributed by atoms with Crippen LogP contribution in [0.5, 0.6) is 0 Å². The molecule has 27 heavy (non-hydrogen) atoms. The molecule has 3 aromatic rings. The highest BCUT2D eigenvalue weighted by Gasteiger charge is 2.27. The van der Waals surface area contributed by atoms with Gasteiger partial charge in [0.15, 0.2) is 10.2 Å². The minimum atomic E-state index is -1.51. The topological polar surface area (TPSA) is 50.9 Å². The minimum absolute atomic E-state index is 0.106. The molecule has 1 heterocycles. The van der Waals surface area contributed by atoms with Crippen molar-refractivity contribution < 1.29 is 5.11 Å². The highest BCUT2D eigenvalue weighted by atomic mass is 35.5. The average molecular weight is 422 g/mol.